The van der Waals surface area contributed by atoms with Gasteiger partial charge in [0.15, 0.2) is 0 Å². The van der Waals surface area contributed by atoms with Crippen LogP contribution in [0.4, 0.5) is 0 Å². The Labute approximate surface area is 140 Å². The van der Waals surface area contributed by atoms with Crippen LogP contribution in [0.1, 0.15) is 34.3 Å². The Bertz CT molecular complexity index is 961. The van der Waals surface area contributed by atoms with Crippen molar-refractivity contribution in [2.24, 2.45) is 0 Å². The number of rotatable bonds is 3. The molecule has 1 aromatic carbocycles. The molecule has 0 bridgehead atoms. The van der Waals surface area contributed by atoms with E-state index in [9.17, 15) is 9.59 Å². The summed E-state index contributed by atoms with van der Waals surface area (Å²) in [4.78, 5) is 30.2. The number of amides is 1. The Kier molecular flexibility index (Phi) is 3.43. The number of hydrogen-bond donors (Lipinski definition) is 1. The molecule has 7 heteroatoms. The van der Waals surface area contributed by atoms with Gasteiger partial charge >= 0.3 is 0 Å². The van der Waals surface area contributed by atoms with Crippen molar-refractivity contribution in [3.8, 4) is 0 Å². The molecule has 5 nitrogen and oxygen atoms in total. The van der Waals surface area contributed by atoms with E-state index in [2.05, 4.69) is 10.4 Å². The third kappa shape index (κ3) is 2.64. The standard InChI is InChI=1S/C16H12ClN3O2S/c17-10-5-6-11-12(8-10)18-14(9-3-4-9)20(16(11)22)19-15(21)13-2-1-7-23-13/h1-2,5-9H,3-4H2,(H,19,21). The highest BCUT2D eigenvalue weighted by molar-refractivity contribution is 7.12. The number of halogens is 1. The Morgan fingerprint density at radius 3 is 2.87 bits per heavy atom. The summed E-state index contributed by atoms with van der Waals surface area (Å²) in [6, 6.07) is 8.48. The van der Waals surface area contributed by atoms with Gasteiger partial charge in [-0.25, -0.2) is 9.66 Å². The molecule has 1 amide bonds. The minimum Gasteiger partial charge on any atom is -0.267 e. The molecule has 0 spiro atoms. The number of nitrogens with one attached hydrogen (secondary N) is 1. The molecule has 3 aromatic rings. The number of thiophene rings is 1. The van der Waals surface area contributed by atoms with E-state index >= 15 is 0 Å². The molecule has 2 heterocycles. The predicted octanol–water partition coefficient (Wildman–Crippen LogP) is 3.37. The van der Waals surface area contributed by atoms with Crippen molar-refractivity contribution in [1.82, 2.24) is 9.66 Å². The normalized spacial score (nSPS) is 14.1. The second-order valence-electron chi connectivity index (χ2n) is 5.46. The quantitative estimate of drug-likeness (QED) is 0.791. The van der Waals surface area contributed by atoms with Crippen molar-refractivity contribution in [2.75, 3.05) is 5.43 Å². The Hall–Kier alpha value is -2.18. The highest BCUT2D eigenvalue weighted by Gasteiger charge is 2.30. The highest BCUT2D eigenvalue weighted by atomic mass is 35.5. The molecule has 4 rings (SSSR count). The van der Waals surface area contributed by atoms with Crippen molar-refractivity contribution in [1.29, 1.82) is 0 Å². The van der Waals surface area contributed by atoms with E-state index in [0.29, 0.717) is 26.6 Å². The number of benzene rings is 1. The lowest BCUT2D eigenvalue weighted by molar-refractivity contribution is 0.101. The SMILES string of the molecule is O=C(Nn1c(C2CC2)nc2cc(Cl)ccc2c1=O)c1cccs1. The van der Waals surface area contributed by atoms with E-state index in [1.54, 1.807) is 30.3 Å². The van der Waals surface area contributed by atoms with Crippen LogP contribution in [0, 0.1) is 0 Å². The number of aromatic nitrogens is 2. The van der Waals surface area contributed by atoms with E-state index in [4.69, 9.17) is 11.6 Å². The third-order valence-electron chi connectivity index (χ3n) is 3.76. The molecular formula is C16H12ClN3O2S. The van der Waals surface area contributed by atoms with E-state index in [1.165, 1.54) is 16.0 Å². The minimum absolute atomic E-state index is 0.203. The van der Waals surface area contributed by atoms with Gasteiger partial charge in [0.25, 0.3) is 11.5 Å². The van der Waals surface area contributed by atoms with Crippen LogP contribution in [0.15, 0.2) is 40.5 Å². The van der Waals surface area contributed by atoms with Gasteiger partial charge in [-0.15, -0.1) is 11.3 Å². The lowest BCUT2D eigenvalue weighted by Gasteiger charge is -2.13. The molecule has 0 atom stereocenters. The molecule has 0 saturated heterocycles. The summed E-state index contributed by atoms with van der Waals surface area (Å²) in [5.41, 5.74) is 2.97. The molecule has 1 aliphatic rings. The summed E-state index contributed by atoms with van der Waals surface area (Å²) < 4.78 is 1.29. The van der Waals surface area contributed by atoms with Gasteiger partial charge in [0.05, 0.1) is 15.8 Å². The second kappa shape index (κ2) is 5.47. The monoisotopic (exact) mass is 345 g/mol. The number of carbonyl (C=O) groups excluding carboxylic acids is 1. The van der Waals surface area contributed by atoms with Gasteiger partial charge in [0.2, 0.25) is 0 Å². The molecule has 23 heavy (non-hydrogen) atoms. The van der Waals surface area contributed by atoms with Crippen LogP contribution < -0.4 is 11.0 Å². The maximum Gasteiger partial charge on any atom is 0.280 e. The zero-order chi connectivity index (χ0) is 16.0. The fourth-order valence-corrected chi connectivity index (χ4v) is 3.24. The molecule has 1 fully saturated rings. The first-order chi connectivity index (χ1) is 11.1. The number of nitrogens with zero attached hydrogens (tertiary/aromatic N) is 2. The van der Waals surface area contributed by atoms with Gasteiger partial charge in [-0.3, -0.25) is 15.0 Å². The minimum atomic E-state index is -0.306. The summed E-state index contributed by atoms with van der Waals surface area (Å²) in [5, 5.41) is 2.79. The van der Waals surface area contributed by atoms with Crippen LogP contribution in [0.3, 0.4) is 0 Å². The first-order valence-corrected chi connectivity index (χ1v) is 8.46. The number of fused-ring (bicyclic) bond motifs is 1. The average molecular weight is 346 g/mol. The van der Waals surface area contributed by atoms with Gasteiger partial charge in [0, 0.05) is 10.9 Å². The molecular weight excluding hydrogens is 334 g/mol. The maximum atomic E-state index is 12.8. The van der Waals surface area contributed by atoms with Crippen molar-refractivity contribution < 1.29 is 4.79 Å². The van der Waals surface area contributed by atoms with Gasteiger partial charge < -0.3 is 0 Å². The van der Waals surface area contributed by atoms with Crippen LogP contribution in [-0.4, -0.2) is 15.6 Å². The first-order valence-electron chi connectivity index (χ1n) is 7.20. The summed E-state index contributed by atoms with van der Waals surface area (Å²) >= 11 is 7.32. The molecule has 116 valence electrons. The number of hydrogen-bond acceptors (Lipinski definition) is 4. The summed E-state index contributed by atoms with van der Waals surface area (Å²) in [7, 11) is 0. The van der Waals surface area contributed by atoms with Gasteiger partial charge in [-0.1, -0.05) is 17.7 Å². The third-order valence-corrected chi connectivity index (χ3v) is 4.86. The summed E-state index contributed by atoms with van der Waals surface area (Å²) in [6.07, 6.45) is 1.93. The van der Waals surface area contributed by atoms with Crippen LogP contribution >= 0.6 is 22.9 Å². The van der Waals surface area contributed by atoms with Crippen molar-refractivity contribution in [3.05, 3.63) is 61.8 Å². The molecule has 0 aliphatic heterocycles. The largest absolute Gasteiger partial charge is 0.280 e. The maximum absolute atomic E-state index is 12.8. The fraction of sp³-hybridized carbons (Fsp3) is 0.188. The molecule has 1 saturated carbocycles. The summed E-state index contributed by atoms with van der Waals surface area (Å²) in [6.45, 7) is 0. The predicted molar refractivity (Wildman–Crippen MR) is 91.0 cm³/mol. The van der Waals surface area contributed by atoms with Crippen molar-refractivity contribution in [3.63, 3.8) is 0 Å². The van der Waals surface area contributed by atoms with Crippen molar-refractivity contribution >= 4 is 39.7 Å². The first kappa shape index (κ1) is 14.4. The highest BCUT2D eigenvalue weighted by Crippen LogP contribution is 2.38. The Balaban J connectivity index is 1.85. The lowest BCUT2D eigenvalue weighted by atomic mass is 10.2. The molecule has 1 N–H and O–H groups in total. The van der Waals surface area contributed by atoms with Gasteiger partial charge in [-0.2, -0.15) is 0 Å². The summed E-state index contributed by atoms with van der Waals surface area (Å²) in [5.74, 6) is 0.489. The van der Waals surface area contributed by atoms with Crippen LogP contribution in [-0.2, 0) is 0 Å². The smallest absolute Gasteiger partial charge is 0.267 e. The van der Waals surface area contributed by atoms with E-state index < -0.39 is 0 Å². The van der Waals surface area contributed by atoms with Gasteiger partial charge in [0.1, 0.15) is 5.82 Å². The molecule has 1 aliphatic carbocycles. The zero-order valence-electron chi connectivity index (χ0n) is 12.0. The van der Waals surface area contributed by atoms with Crippen LogP contribution in [0.2, 0.25) is 5.02 Å². The Morgan fingerprint density at radius 1 is 1.35 bits per heavy atom. The molecule has 0 unspecified atom stereocenters. The van der Waals surface area contributed by atoms with Crippen LogP contribution in [0.25, 0.3) is 10.9 Å². The van der Waals surface area contributed by atoms with E-state index in [1.807, 2.05) is 5.38 Å². The Morgan fingerprint density at radius 2 is 2.17 bits per heavy atom. The van der Waals surface area contributed by atoms with E-state index in [-0.39, 0.29) is 17.4 Å². The zero-order valence-corrected chi connectivity index (χ0v) is 13.5. The molecule has 0 radical (unpaired) electrons. The molecule has 2 aromatic heterocycles. The lowest BCUT2D eigenvalue weighted by Crippen LogP contribution is -2.36. The van der Waals surface area contributed by atoms with E-state index in [0.717, 1.165) is 12.8 Å². The topological polar surface area (TPSA) is 64.0 Å². The number of carbonyl (C=O) groups is 1. The van der Waals surface area contributed by atoms with Crippen molar-refractivity contribution in [2.45, 2.75) is 18.8 Å². The second-order valence-corrected chi connectivity index (χ2v) is 6.85. The van der Waals surface area contributed by atoms with Crippen LogP contribution in [0.5, 0.6) is 0 Å². The average Bonchev–Trinajstić information content (AvgIpc) is 3.23. The fourth-order valence-electron chi connectivity index (χ4n) is 2.46. The van der Waals surface area contributed by atoms with Gasteiger partial charge in [-0.05, 0) is 42.5 Å².